The van der Waals surface area contributed by atoms with Crippen LogP contribution in [0.4, 0.5) is 0 Å². The van der Waals surface area contributed by atoms with Crippen molar-refractivity contribution in [1.29, 1.82) is 0 Å². The van der Waals surface area contributed by atoms with Gasteiger partial charge in [0, 0.05) is 13.1 Å². The topological polar surface area (TPSA) is 40.5 Å². The molecule has 0 radical (unpaired) electrons. The number of aliphatic hydroxyl groups is 1. The molecule has 0 aromatic rings. The molecule has 0 aliphatic carbocycles. The van der Waals surface area contributed by atoms with E-state index in [9.17, 15) is 4.79 Å². The molecule has 4 heteroatoms. The highest BCUT2D eigenvalue weighted by Crippen LogP contribution is 2.09. The highest BCUT2D eigenvalue weighted by atomic mass is 79.9. The summed E-state index contributed by atoms with van der Waals surface area (Å²) in [5.41, 5.74) is 0. The quantitative estimate of drug-likeness (QED) is 0.713. The van der Waals surface area contributed by atoms with Gasteiger partial charge in [-0.25, -0.2) is 0 Å². The van der Waals surface area contributed by atoms with Crippen LogP contribution in [0, 0.1) is 0 Å². The van der Waals surface area contributed by atoms with Gasteiger partial charge >= 0.3 is 0 Å². The molecule has 0 aromatic carbocycles. The Morgan fingerprint density at radius 1 is 1.43 bits per heavy atom. The van der Waals surface area contributed by atoms with Crippen molar-refractivity contribution in [3.63, 3.8) is 0 Å². The summed E-state index contributed by atoms with van der Waals surface area (Å²) in [6.07, 6.45) is 2.84. The first-order chi connectivity index (χ1) is 6.67. The third-order valence-corrected chi connectivity index (χ3v) is 3.13. The van der Waals surface area contributed by atoms with Crippen molar-refractivity contribution in [2.75, 3.05) is 19.7 Å². The minimum absolute atomic E-state index is 0.0406. The highest BCUT2D eigenvalue weighted by molar-refractivity contribution is 9.10. The normalized spacial score (nSPS) is 12.6. The van der Waals surface area contributed by atoms with Gasteiger partial charge in [0.25, 0.3) is 0 Å². The Hall–Kier alpha value is -0.0900. The molecule has 0 rings (SSSR count). The second-order valence-electron chi connectivity index (χ2n) is 3.28. The molecule has 1 atom stereocenters. The Bertz CT molecular complexity index is 164. The predicted molar refractivity (Wildman–Crippen MR) is 61.6 cm³/mol. The molecule has 0 aliphatic rings. The zero-order chi connectivity index (χ0) is 11.0. The van der Waals surface area contributed by atoms with Crippen LogP contribution in [-0.2, 0) is 4.79 Å². The van der Waals surface area contributed by atoms with E-state index in [1.54, 1.807) is 4.90 Å². The summed E-state index contributed by atoms with van der Waals surface area (Å²) in [6.45, 7) is 5.29. The number of alkyl halides is 1. The maximum atomic E-state index is 11.7. The first-order valence-electron chi connectivity index (χ1n) is 5.21. The van der Waals surface area contributed by atoms with Crippen molar-refractivity contribution < 1.29 is 9.90 Å². The monoisotopic (exact) mass is 265 g/mol. The predicted octanol–water partition coefficient (Wildman–Crippen LogP) is 1.78. The fourth-order valence-electron chi connectivity index (χ4n) is 1.17. The second-order valence-corrected chi connectivity index (χ2v) is 4.38. The minimum atomic E-state index is -0.106. The fourth-order valence-corrected chi connectivity index (χ4v) is 1.46. The van der Waals surface area contributed by atoms with Crippen molar-refractivity contribution in [3.8, 4) is 0 Å². The number of unbranched alkanes of at least 4 members (excludes halogenated alkanes) is 1. The highest BCUT2D eigenvalue weighted by Gasteiger charge is 2.19. The number of amides is 1. The Morgan fingerprint density at radius 2 is 2.07 bits per heavy atom. The number of carbonyl (C=O) groups is 1. The lowest BCUT2D eigenvalue weighted by Gasteiger charge is -2.23. The standard InChI is InChI=1S/C10H20BrNO2/c1-3-5-6-12(7-8-13)10(14)9(11)4-2/h9,13H,3-8H2,1-2H3. The SMILES string of the molecule is CCCCN(CCO)C(=O)C(Br)CC. The Balaban J connectivity index is 4.10. The molecule has 0 aliphatic heterocycles. The van der Waals surface area contributed by atoms with E-state index in [0.717, 1.165) is 25.8 Å². The van der Waals surface area contributed by atoms with Crippen molar-refractivity contribution in [3.05, 3.63) is 0 Å². The summed E-state index contributed by atoms with van der Waals surface area (Å²) < 4.78 is 0. The molecule has 0 bridgehead atoms. The Kier molecular flexibility index (Phi) is 8.18. The van der Waals surface area contributed by atoms with Crippen molar-refractivity contribution in [1.82, 2.24) is 4.90 Å². The average Bonchev–Trinajstić information content (AvgIpc) is 2.22. The van der Waals surface area contributed by atoms with Crippen molar-refractivity contribution in [2.24, 2.45) is 0 Å². The first-order valence-corrected chi connectivity index (χ1v) is 6.12. The first kappa shape index (κ1) is 13.9. The third kappa shape index (κ3) is 4.96. The van der Waals surface area contributed by atoms with Gasteiger partial charge in [-0.2, -0.15) is 0 Å². The molecule has 1 amide bonds. The maximum Gasteiger partial charge on any atom is 0.236 e. The van der Waals surface area contributed by atoms with Gasteiger partial charge in [0.05, 0.1) is 11.4 Å². The Labute approximate surface area is 94.6 Å². The number of hydrogen-bond acceptors (Lipinski definition) is 2. The third-order valence-electron chi connectivity index (χ3n) is 2.09. The molecule has 0 aromatic heterocycles. The molecule has 0 heterocycles. The number of hydrogen-bond donors (Lipinski definition) is 1. The maximum absolute atomic E-state index is 11.7. The van der Waals surface area contributed by atoms with Gasteiger partial charge in [-0.15, -0.1) is 0 Å². The molecule has 84 valence electrons. The van der Waals surface area contributed by atoms with Gasteiger partial charge in [0.2, 0.25) is 5.91 Å². The Morgan fingerprint density at radius 3 is 2.50 bits per heavy atom. The summed E-state index contributed by atoms with van der Waals surface area (Å²) in [6, 6.07) is 0. The molecule has 1 unspecified atom stereocenters. The summed E-state index contributed by atoms with van der Waals surface area (Å²) in [7, 11) is 0. The van der Waals surface area contributed by atoms with Crippen LogP contribution in [0.1, 0.15) is 33.1 Å². The van der Waals surface area contributed by atoms with E-state index < -0.39 is 0 Å². The van der Waals surface area contributed by atoms with Crippen LogP contribution in [0.2, 0.25) is 0 Å². The minimum Gasteiger partial charge on any atom is -0.395 e. The largest absolute Gasteiger partial charge is 0.395 e. The summed E-state index contributed by atoms with van der Waals surface area (Å²) in [5.74, 6) is 0.0926. The molecule has 0 saturated carbocycles. The van der Waals surface area contributed by atoms with Gasteiger partial charge in [0.1, 0.15) is 0 Å². The van der Waals surface area contributed by atoms with E-state index in [1.165, 1.54) is 0 Å². The smallest absolute Gasteiger partial charge is 0.236 e. The van der Waals surface area contributed by atoms with Crippen molar-refractivity contribution >= 4 is 21.8 Å². The molecule has 0 saturated heterocycles. The van der Waals surface area contributed by atoms with Crippen LogP contribution in [0.3, 0.4) is 0 Å². The second kappa shape index (κ2) is 8.24. The van der Waals surface area contributed by atoms with Crippen LogP contribution < -0.4 is 0 Å². The number of nitrogens with zero attached hydrogens (tertiary/aromatic N) is 1. The zero-order valence-electron chi connectivity index (χ0n) is 9.00. The van der Waals surface area contributed by atoms with E-state index in [2.05, 4.69) is 22.9 Å². The summed E-state index contributed by atoms with van der Waals surface area (Å²) in [5, 5.41) is 8.83. The van der Waals surface area contributed by atoms with Gasteiger partial charge in [-0.05, 0) is 12.8 Å². The molecule has 1 N–H and O–H groups in total. The molecule has 0 spiro atoms. The molecule has 0 fully saturated rings. The van der Waals surface area contributed by atoms with Crippen LogP contribution in [-0.4, -0.2) is 40.4 Å². The molecular weight excluding hydrogens is 246 g/mol. The van der Waals surface area contributed by atoms with Gasteiger partial charge in [-0.3, -0.25) is 4.79 Å². The van der Waals surface area contributed by atoms with Crippen molar-refractivity contribution in [2.45, 2.75) is 37.9 Å². The lowest BCUT2D eigenvalue weighted by atomic mass is 10.2. The number of halogens is 1. The van der Waals surface area contributed by atoms with E-state index in [0.29, 0.717) is 6.54 Å². The van der Waals surface area contributed by atoms with Gasteiger partial charge in [0.15, 0.2) is 0 Å². The molecule has 14 heavy (non-hydrogen) atoms. The van der Waals surface area contributed by atoms with E-state index in [-0.39, 0.29) is 17.3 Å². The average molecular weight is 266 g/mol. The van der Waals surface area contributed by atoms with Gasteiger partial charge < -0.3 is 10.0 Å². The van der Waals surface area contributed by atoms with Crippen LogP contribution in [0.15, 0.2) is 0 Å². The lowest BCUT2D eigenvalue weighted by molar-refractivity contribution is -0.131. The van der Waals surface area contributed by atoms with Crippen LogP contribution in [0.25, 0.3) is 0 Å². The van der Waals surface area contributed by atoms with Crippen LogP contribution >= 0.6 is 15.9 Å². The number of rotatable bonds is 7. The van der Waals surface area contributed by atoms with E-state index >= 15 is 0 Å². The number of carbonyl (C=O) groups excluding carboxylic acids is 1. The lowest BCUT2D eigenvalue weighted by Crippen LogP contribution is -2.39. The van der Waals surface area contributed by atoms with Crippen LogP contribution in [0.5, 0.6) is 0 Å². The summed E-state index contributed by atoms with van der Waals surface area (Å²) >= 11 is 3.33. The number of aliphatic hydroxyl groups excluding tert-OH is 1. The fraction of sp³-hybridized carbons (Fsp3) is 0.900. The summed E-state index contributed by atoms with van der Waals surface area (Å²) in [4.78, 5) is 13.4. The van der Waals surface area contributed by atoms with E-state index in [1.807, 2.05) is 6.92 Å². The zero-order valence-corrected chi connectivity index (χ0v) is 10.6. The molecular formula is C10H20BrNO2. The molecule has 3 nitrogen and oxygen atoms in total. The van der Waals surface area contributed by atoms with Gasteiger partial charge in [-0.1, -0.05) is 36.2 Å². The van der Waals surface area contributed by atoms with E-state index in [4.69, 9.17) is 5.11 Å².